The Labute approximate surface area is 105 Å². The second-order valence-electron chi connectivity index (χ2n) is 4.43. The van der Waals surface area contributed by atoms with Gasteiger partial charge in [0, 0.05) is 5.92 Å². The molecule has 0 saturated heterocycles. The van der Waals surface area contributed by atoms with E-state index in [9.17, 15) is 9.59 Å². The van der Waals surface area contributed by atoms with Crippen molar-refractivity contribution in [2.24, 2.45) is 0 Å². The molecule has 0 unspecified atom stereocenters. The number of aryl methyl sites for hydroxylation is 1. The molecule has 6 heteroatoms. The Morgan fingerprint density at radius 3 is 2.50 bits per heavy atom. The van der Waals surface area contributed by atoms with E-state index in [1.54, 1.807) is 13.8 Å². The van der Waals surface area contributed by atoms with Crippen LogP contribution >= 0.6 is 0 Å². The van der Waals surface area contributed by atoms with Gasteiger partial charge in [-0.15, -0.1) is 0 Å². The summed E-state index contributed by atoms with van der Waals surface area (Å²) < 4.78 is 5.10. The maximum Gasteiger partial charge on any atom is 0.326 e. The summed E-state index contributed by atoms with van der Waals surface area (Å²) >= 11 is 0. The van der Waals surface area contributed by atoms with Gasteiger partial charge in [0.05, 0.1) is 5.69 Å². The lowest BCUT2D eigenvalue weighted by Crippen LogP contribution is -2.40. The minimum atomic E-state index is -1.05. The number of hydrogen-bond donors (Lipinski definition) is 2. The molecule has 1 heterocycles. The van der Waals surface area contributed by atoms with Crippen molar-refractivity contribution in [2.75, 3.05) is 0 Å². The number of hydrogen-bond acceptors (Lipinski definition) is 4. The van der Waals surface area contributed by atoms with Gasteiger partial charge >= 0.3 is 5.97 Å². The number of carboxylic acid groups (broad SMARTS) is 1. The van der Waals surface area contributed by atoms with Gasteiger partial charge in [-0.2, -0.15) is 0 Å². The molecule has 1 aromatic heterocycles. The van der Waals surface area contributed by atoms with Gasteiger partial charge in [0.15, 0.2) is 5.76 Å². The van der Waals surface area contributed by atoms with Crippen LogP contribution in [0.1, 0.15) is 54.9 Å². The highest BCUT2D eigenvalue weighted by Crippen LogP contribution is 2.22. The highest BCUT2D eigenvalue weighted by Gasteiger charge is 2.26. The van der Waals surface area contributed by atoms with Crippen molar-refractivity contribution in [3.63, 3.8) is 0 Å². The molecule has 0 radical (unpaired) electrons. The van der Waals surface area contributed by atoms with Gasteiger partial charge in [-0.3, -0.25) is 4.79 Å². The smallest absolute Gasteiger partial charge is 0.326 e. The summed E-state index contributed by atoms with van der Waals surface area (Å²) in [4.78, 5) is 22.9. The lowest BCUT2D eigenvalue weighted by molar-refractivity contribution is -0.139. The molecule has 0 saturated carbocycles. The van der Waals surface area contributed by atoms with Crippen LogP contribution in [0.3, 0.4) is 0 Å². The lowest BCUT2D eigenvalue weighted by atomic mass is 10.0. The predicted octanol–water partition coefficient (Wildman–Crippen LogP) is 1.70. The largest absolute Gasteiger partial charge is 0.480 e. The highest BCUT2D eigenvalue weighted by molar-refractivity contribution is 5.98. The molecule has 1 atom stereocenters. The van der Waals surface area contributed by atoms with Gasteiger partial charge in [-0.1, -0.05) is 25.9 Å². The third-order valence-corrected chi connectivity index (χ3v) is 2.65. The van der Waals surface area contributed by atoms with Crippen molar-refractivity contribution >= 4 is 11.9 Å². The second-order valence-corrected chi connectivity index (χ2v) is 4.43. The first-order chi connectivity index (χ1) is 8.38. The minimum absolute atomic E-state index is 0.0110. The maximum atomic E-state index is 12.1. The fraction of sp³-hybridized carbons (Fsp3) is 0.583. The monoisotopic (exact) mass is 254 g/mol. The zero-order valence-electron chi connectivity index (χ0n) is 11.0. The molecule has 0 aliphatic heterocycles. The van der Waals surface area contributed by atoms with Crippen LogP contribution in [0.4, 0.5) is 0 Å². The van der Waals surface area contributed by atoms with E-state index in [0.29, 0.717) is 23.4 Å². The number of aromatic nitrogens is 1. The Bertz CT molecular complexity index is 451. The first-order valence-corrected chi connectivity index (χ1v) is 5.88. The van der Waals surface area contributed by atoms with Crippen molar-refractivity contribution in [1.82, 2.24) is 10.5 Å². The van der Waals surface area contributed by atoms with Crippen LogP contribution in [0.2, 0.25) is 0 Å². The predicted molar refractivity (Wildman–Crippen MR) is 64.5 cm³/mol. The van der Waals surface area contributed by atoms with E-state index in [-0.39, 0.29) is 5.92 Å². The summed E-state index contributed by atoms with van der Waals surface area (Å²) in [5, 5.41) is 15.1. The second kappa shape index (κ2) is 5.66. The maximum absolute atomic E-state index is 12.1. The molecule has 100 valence electrons. The van der Waals surface area contributed by atoms with E-state index in [2.05, 4.69) is 10.5 Å². The molecule has 0 aliphatic rings. The Kier molecular flexibility index (Phi) is 4.47. The molecule has 1 aromatic rings. The number of rotatable bonds is 5. The third kappa shape index (κ3) is 2.88. The zero-order chi connectivity index (χ0) is 13.9. The number of aliphatic carboxylic acids is 1. The number of carboxylic acids is 1. The van der Waals surface area contributed by atoms with Gasteiger partial charge < -0.3 is 14.9 Å². The van der Waals surface area contributed by atoms with E-state index in [1.807, 2.05) is 13.8 Å². The van der Waals surface area contributed by atoms with Crippen molar-refractivity contribution in [3.8, 4) is 0 Å². The van der Waals surface area contributed by atoms with E-state index >= 15 is 0 Å². The Morgan fingerprint density at radius 2 is 2.06 bits per heavy atom. The van der Waals surface area contributed by atoms with E-state index in [0.717, 1.165) is 0 Å². The minimum Gasteiger partial charge on any atom is -0.480 e. The van der Waals surface area contributed by atoms with E-state index < -0.39 is 17.9 Å². The number of amides is 1. The first kappa shape index (κ1) is 14.2. The molecule has 0 bridgehead atoms. The van der Waals surface area contributed by atoms with Crippen molar-refractivity contribution in [3.05, 3.63) is 17.0 Å². The average molecular weight is 254 g/mol. The highest BCUT2D eigenvalue weighted by atomic mass is 16.5. The summed E-state index contributed by atoms with van der Waals surface area (Å²) in [6.07, 6.45) is 0.322. The summed E-state index contributed by atoms with van der Waals surface area (Å²) in [5.41, 5.74) is 0.807. The molecule has 0 fully saturated rings. The summed E-state index contributed by atoms with van der Waals surface area (Å²) in [7, 11) is 0. The van der Waals surface area contributed by atoms with Crippen LogP contribution in [-0.2, 0) is 4.79 Å². The quantitative estimate of drug-likeness (QED) is 0.834. The standard InChI is InChI=1S/C12H18N2O4/c1-5-8(12(16)17)13-11(15)9-7(4)14-18-10(9)6(2)3/h6,8H,5H2,1-4H3,(H,13,15)(H,16,17)/t8-/m0/s1. The molecule has 18 heavy (non-hydrogen) atoms. The number of carbonyl (C=O) groups is 2. The normalized spacial score (nSPS) is 12.5. The number of nitrogens with zero attached hydrogens (tertiary/aromatic N) is 1. The average Bonchev–Trinajstić information content (AvgIpc) is 2.67. The summed E-state index contributed by atoms with van der Waals surface area (Å²) in [5.74, 6) is -1.01. The summed E-state index contributed by atoms with van der Waals surface area (Å²) in [6, 6.07) is -0.896. The fourth-order valence-electron chi connectivity index (χ4n) is 1.63. The molecular weight excluding hydrogens is 236 g/mol. The van der Waals surface area contributed by atoms with Gasteiger partial charge in [0.25, 0.3) is 5.91 Å². The fourth-order valence-corrected chi connectivity index (χ4v) is 1.63. The lowest BCUT2D eigenvalue weighted by Gasteiger charge is -2.12. The van der Waals surface area contributed by atoms with Crippen LogP contribution in [0.15, 0.2) is 4.52 Å². The van der Waals surface area contributed by atoms with Gasteiger partial charge in [0.1, 0.15) is 11.6 Å². The Hall–Kier alpha value is -1.85. The van der Waals surface area contributed by atoms with Crippen molar-refractivity contribution in [2.45, 2.75) is 46.1 Å². The number of carbonyl (C=O) groups excluding carboxylic acids is 1. The van der Waals surface area contributed by atoms with Crippen LogP contribution in [0.5, 0.6) is 0 Å². The molecule has 0 aliphatic carbocycles. The molecule has 6 nitrogen and oxygen atoms in total. The first-order valence-electron chi connectivity index (χ1n) is 5.88. The molecule has 1 amide bonds. The topological polar surface area (TPSA) is 92.4 Å². The van der Waals surface area contributed by atoms with Crippen molar-refractivity contribution < 1.29 is 19.2 Å². The van der Waals surface area contributed by atoms with Gasteiger partial charge in [-0.05, 0) is 13.3 Å². The van der Waals surface area contributed by atoms with Crippen LogP contribution in [0, 0.1) is 6.92 Å². The zero-order valence-corrected chi connectivity index (χ0v) is 11.0. The summed E-state index contributed by atoms with van der Waals surface area (Å²) in [6.45, 7) is 7.12. The van der Waals surface area contributed by atoms with E-state index in [4.69, 9.17) is 9.63 Å². The van der Waals surface area contributed by atoms with Crippen LogP contribution < -0.4 is 5.32 Å². The molecule has 0 spiro atoms. The van der Waals surface area contributed by atoms with Gasteiger partial charge in [-0.25, -0.2) is 4.79 Å². The molecule has 1 rings (SSSR count). The Morgan fingerprint density at radius 1 is 1.44 bits per heavy atom. The van der Waals surface area contributed by atoms with E-state index in [1.165, 1.54) is 0 Å². The van der Waals surface area contributed by atoms with Gasteiger partial charge in [0.2, 0.25) is 0 Å². The molecule has 2 N–H and O–H groups in total. The molecule has 0 aromatic carbocycles. The SMILES string of the molecule is CC[C@H](NC(=O)c1c(C)noc1C(C)C)C(=O)O. The Balaban J connectivity index is 2.97. The van der Waals surface area contributed by atoms with Crippen LogP contribution in [-0.4, -0.2) is 28.2 Å². The van der Waals surface area contributed by atoms with Crippen molar-refractivity contribution in [1.29, 1.82) is 0 Å². The van der Waals surface area contributed by atoms with Crippen LogP contribution in [0.25, 0.3) is 0 Å². The third-order valence-electron chi connectivity index (χ3n) is 2.65. The molecular formula is C12H18N2O4. The number of nitrogens with one attached hydrogen (secondary N) is 1.